The zero-order valence-electron chi connectivity index (χ0n) is 16.9. The number of halogens is 3. The van der Waals surface area contributed by atoms with Gasteiger partial charge in [-0.15, -0.1) is 0 Å². The Kier molecular flexibility index (Phi) is 6.31. The second kappa shape index (κ2) is 9.31. The molecule has 0 aromatic carbocycles. The zero-order chi connectivity index (χ0) is 22.6. The van der Waals surface area contributed by atoms with E-state index in [4.69, 9.17) is 4.74 Å². The number of anilines is 3. The van der Waals surface area contributed by atoms with Gasteiger partial charge in [0.25, 0.3) is 5.91 Å². The van der Waals surface area contributed by atoms with Gasteiger partial charge in [-0.1, -0.05) is 0 Å². The van der Waals surface area contributed by atoms with Crippen LogP contribution >= 0.6 is 0 Å². The lowest BCUT2D eigenvalue weighted by Gasteiger charge is -2.24. The van der Waals surface area contributed by atoms with E-state index in [1.165, 1.54) is 24.4 Å². The van der Waals surface area contributed by atoms with Crippen molar-refractivity contribution in [2.45, 2.75) is 31.5 Å². The molecule has 1 atom stereocenters. The summed E-state index contributed by atoms with van der Waals surface area (Å²) in [4.78, 5) is 24.8. The molecule has 10 heteroatoms. The van der Waals surface area contributed by atoms with Gasteiger partial charge in [0.1, 0.15) is 11.6 Å². The summed E-state index contributed by atoms with van der Waals surface area (Å²) >= 11 is 0. The number of carbonyl (C=O) groups excluding carboxylic acids is 1. The zero-order valence-corrected chi connectivity index (χ0v) is 16.9. The maximum Gasteiger partial charge on any atom is 0.417 e. The summed E-state index contributed by atoms with van der Waals surface area (Å²) in [5.74, 6) is 0.0693. The Balaban J connectivity index is 1.47. The lowest BCUT2D eigenvalue weighted by molar-refractivity contribution is -0.137. The van der Waals surface area contributed by atoms with Crippen LogP contribution in [0.2, 0.25) is 0 Å². The molecule has 166 valence electrons. The lowest BCUT2D eigenvalue weighted by atomic mass is 10.0. The largest absolute Gasteiger partial charge is 0.417 e. The molecule has 1 fully saturated rings. The fraction of sp³-hybridized carbons (Fsp3) is 0.273. The predicted octanol–water partition coefficient (Wildman–Crippen LogP) is 5.13. The molecule has 7 nitrogen and oxygen atoms in total. The smallest absolute Gasteiger partial charge is 0.373 e. The topological polar surface area (TPSA) is 89.0 Å². The van der Waals surface area contributed by atoms with Gasteiger partial charge in [0.15, 0.2) is 0 Å². The highest BCUT2D eigenvalue weighted by Gasteiger charge is 2.30. The van der Waals surface area contributed by atoms with E-state index in [-0.39, 0.29) is 23.6 Å². The van der Waals surface area contributed by atoms with E-state index in [0.717, 1.165) is 37.1 Å². The third-order valence-electron chi connectivity index (χ3n) is 5.00. The SMILES string of the molecule is O=C(Nc1cnccc1C1CCCCO1)c1ccnc(Nc2ccc(C(F)(F)F)cn2)c1. The minimum atomic E-state index is -4.46. The minimum absolute atomic E-state index is 0.0949. The van der Waals surface area contributed by atoms with Crippen molar-refractivity contribution in [3.05, 3.63) is 71.8 Å². The van der Waals surface area contributed by atoms with Crippen LogP contribution in [-0.4, -0.2) is 27.5 Å². The van der Waals surface area contributed by atoms with Gasteiger partial charge < -0.3 is 15.4 Å². The number of nitrogens with one attached hydrogen (secondary N) is 2. The molecule has 1 aliphatic heterocycles. The number of ether oxygens (including phenoxy) is 1. The number of carbonyl (C=O) groups is 1. The molecule has 1 amide bonds. The van der Waals surface area contributed by atoms with E-state index < -0.39 is 11.7 Å². The van der Waals surface area contributed by atoms with Crippen LogP contribution in [0.25, 0.3) is 0 Å². The molecule has 0 aliphatic carbocycles. The molecular formula is C22H20F3N5O2. The van der Waals surface area contributed by atoms with Crippen LogP contribution in [0, 0.1) is 0 Å². The van der Waals surface area contributed by atoms with Crippen LogP contribution in [0.3, 0.4) is 0 Å². The Morgan fingerprint density at radius 3 is 2.62 bits per heavy atom. The fourth-order valence-electron chi connectivity index (χ4n) is 3.38. The number of amides is 1. The Labute approximate surface area is 182 Å². The van der Waals surface area contributed by atoms with E-state index >= 15 is 0 Å². The van der Waals surface area contributed by atoms with E-state index in [0.29, 0.717) is 17.9 Å². The number of rotatable bonds is 5. The van der Waals surface area contributed by atoms with E-state index in [9.17, 15) is 18.0 Å². The van der Waals surface area contributed by atoms with Crippen LogP contribution in [0.5, 0.6) is 0 Å². The Hall–Kier alpha value is -3.53. The molecule has 0 bridgehead atoms. The summed E-state index contributed by atoms with van der Waals surface area (Å²) in [6.07, 6.45) is 3.79. The summed E-state index contributed by atoms with van der Waals surface area (Å²) < 4.78 is 43.9. The molecule has 4 rings (SSSR count). The molecule has 0 spiro atoms. The van der Waals surface area contributed by atoms with Crippen LogP contribution in [0.4, 0.5) is 30.5 Å². The van der Waals surface area contributed by atoms with Crippen molar-refractivity contribution in [2.24, 2.45) is 0 Å². The van der Waals surface area contributed by atoms with Crippen molar-refractivity contribution >= 4 is 23.2 Å². The van der Waals surface area contributed by atoms with Gasteiger partial charge >= 0.3 is 6.18 Å². The maximum absolute atomic E-state index is 12.8. The summed E-state index contributed by atoms with van der Waals surface area (Å²) in [5, 5.41) is 5.66. The molecule has 0 radical (unpaired) electrons. The molecule has 3 aromatic heterocycles. The van der Waals surface area contributed by atoms with Crippen molar-refractivity contribution in [1.29, 1.82) is 0 Å². The molecule has 4 heterocycles. The van der Waals surface area contributed by atoms with Crippen LogP contribution in [0.15, 0.2) is 55.1 Å². The van der Waals surface area contributed by atoms with Crippen LogP contribution in [-0.2, 0) is 10.9 Å². The molecule has 2 N–H and O–H groups in total. The molecule has 1 saturated heterocycles. The Morgan fingerprint density at radius 2 is 1.91 bits per heavy atom. The monoisotopic (exact) mass is 443 g/mol. The number of hydrogen-bond acceptors (Lipinski definition) is 6. The third kappa shape index (κ3) is 5.20. The first kappa shape index (κ1) is 21.7. The number of alkyl halides is 3. The molecular weight excluding hydrogens is 423 g/mol. The highest BCUT2D eigenvalue weighted by Crippen LogP contribution is 2.32. The van der Waals surface area contributed by atoms with Crippen molar-refractivity contribution in [1.82, 2.24) is 15.0 Å². The summed E-state index contributed by atoms with van der Waals surface area (Å²) in [5.41, 5.74) is 0.904. The van der Waals surface area contributed by atoms with Crippen molar-refractivity contribution in [3.63, 3.8) is 0 Å². The quantitative estimate of drug-likeness (QED) is 0.569. The normalized spacial score (nSPS) is 16.4. The summed E-state index contributed by atoms with van der Waals surface area (Å²) in [6, 6.07) is 6.98. The summed E-state index contributed by atoms with van der Waals surface area (Å²) in [6.45, 7) is 0.678. The van der Waals surface area contributed by atoms with Gasteiger partial charge in [0, 0.05) is 36.3 Å². The van der Waals surface area contributed by atoms with Gasteiger partial charge in [-0.2, -0.15) is 13.2 Å². The number of pyridine rings is 3. The molecule has 1 aliphatic rings. The predicted molar refractivity (Wildman–Crippen MR) is 111 cm³/mol. The Bertz CT molecular complexity index is 1080. The van der Waals surface area contributed by atoms with Crippen molar-refractivity contribution in [3.8, 4) is 0 Å². The average Bonchev–Trinajstić information content (AvgIpc) is 2.80. The van der Waals surface area contributed by atoms with Gasteiger partial charge in [-0.05, 0) is 49.6 Å². The van der Waals surface area contributed by atoms with Gasteiger partial charge in [0.2, 0.25) is 0 Å². The first-order valence-electron chi connectivity index (χ1n) is 10.0. The van der Waals surface area contributed by atoms with Gasteiger partial charge in [-0.25, -0.2) is 9.97 Å². The van der Waals surface area contributed by atoms with Crippen LogP contribution in [0.1, 0.15) is 46.9 Å². The highest BCUT2D eigenvalue weighted by molar-refractivity contribution is 6.05. The van der Waals surface area contributed by atoms with Crippen molar-refractivity contribution < 1.29 is 22.7 Å². The summed E-state index contributed by atoms with van der Waals surface area (Å²) in [7, 11) is 0. The highest BCUT2D eigenvalue weighted by atomic mass is 19.4. The fourth-order valence-corrected chi connectivity index (χ4v) is 3.38. The lowest BCUT2D eigenvalue weighted by Crippen LogP contribution is -2.17. The Morgan fingerprint density at radius 1 is 1.03 bits per heavy atom. The van der Waals surface area contributed by atoms with E-state index in [1.54, 1.807) is 12.4 Å². The first-order valence-corrected chi connectivity index (χ1v) is 10.0. The van der Waals surface area contributed by atoms with Crippen LogP contribution < -0.4 is 10.6 Å². The number of hydrogen-bond donors (Lipinski definition) is 2. The second-order valence-corrected chi connectivity index (χ2v) is 7.26. The minimum Gasteiger partial charge on any atom is -0.373 e. The van der Waals surface area contributed by atoms with E-state index in [2.05, 4.69) is 25.6 Å². The third-order valence-corrected chi connectivity index (χ3v) is 5.00. The number of aromatic nitrogens is 3. The molecule has 0 saturated carbocycles. The molecule has 3 aromatic rings. The first-order chi connectivity index (χ1) is 15.4. The average molecular weight is 443 g/mol. The van der Waals surface area contributed by atoms with Gasteiger partial charge in [0.05, 0.1) is 23.6 Å². The van der Waals surface area contributed by atoms with E-state index in [1.807, 2.05) is 6.07 Å². The number of nitrogens with zero attached hydrogens (tertiary/aromatic N) is 3. The van der Waals surface area contributed by atoms with Crippen molar-refractivity contribution in [2.75, 3.05) is 17.2 Å². The standard InChI is InChI=1S/C22H20F3N5O2/c23-22(24,25)15-4-5-19(28-12-15)30-20-11-14(6-9-27-20)21(31)29-17-13-26-8-7-16(17)18-3-1-2-10-32-18/h4-9,11-13,18H,1-3,10H2,(H,29,31)(H,27,28,30). The molecule has 1 unspecified atom stereocenters. The van der Waals surface area contributed by atoms with Gasteiger partial charge in [-0.3, -0.25) is 9.78 Å². The maximum atomic E-state index is 12.8. The second-order valence-electron chi connectivity index (χ2n) is 7.26. The molecule has 32 heavy (non-hydrogen) atoms.